The molecule has 27 heavy (non-hydrogen) atoms. The van der Waals surface area contributed by atoms with Crippen molar-refractivity contribution in [3.63, 3.8) is 0 Å². The van der Waals surface area contributed by atoms with E-state index in [1.165, 1.54) is 5.56 Å². The standard InChI is InChI=1S/C20H28N4O3/c1-14-19(15(2)23-22-14)11-21-20(25)10-17-13-27-8-7-24(17)12-16-5-4-6-18(9-16)26-3/h4-6,9,17H,7-8,10-13H2,1-3H3,(H,21,25)(H,22,23)/t17-/m1/s1. The summed E-state index contributed by atoms with van der Waals surface area (Å²) in [6.45, 7) is 7.25. The summed E-state index contributed by atoms with van der Waals surface area (Å²) in [5.74, 6) is 0.877. The number of hydrogen-bond acceptors (Lipinski definition) is 5. The first-order valence-corrected chi connectivity index (χ1v) is 9.28. The number of H-pyrrole nitrogens is 1. The molecule has 1 saturated heterocycles. The molecule has 7 heteroatoms. The molecule has 3 rings (SSSR count). The Morgan fingerprint density at radius 3 is 3.04 bits per heavy atom. The molecule has 1 aliphatic heterocycles. The number of hydrogen-bond donors (Lipinski definition) is 2. The number of morpholine rings is 1. The number of aromatic nitrogens is 2. The van der Waals surface area contributed by atoms with Crippen molar-refractivity contribution in [2.45, 2.75) is 39.4 Å². The zero-order valence-electron chi connectivity index (χ0n) is 16.2. The topological polar surface area (TPSA) is 79.5 Å². The van der Waals surface area contributed by atoms with Crippen molar-refractivity contribution >= 4 is 5.91 Å². The van der Waals surface area contributed by atoms with Gasteiger partial charge in [-0.1, -0.05) is 12.1 Å². The highest BCUT2D eigenvalue weighted by Gasteiger charge is 2.25. The van der Waals surface area contributed by atoms with E-state index < -0.39 is 0 Å². The van der Waals surface area contributed by atoms with Gasteiger partial charge in [0, 0.05) is 43.4 Å². The van der Waals surface area contributed by atoms with Gasteiger partial charge in [0.25, 0.3) is 0 Å². The zero-order valence-corrected chi connectivity index (χ0v) is 16.2. The molecule has 0 unspecified atom stereocenters. The molecule has 0 bridgehead atoms. The van der Waals surface area contributed by atoms with Crippen molar-refractivity contribution in [3.05, 3.63) is 46.8 Å². The summed E-state index contributed by atoms with van der Waals surface area (Å²) in [6.07, 6.45) is 0.417. The number of nitrogens with one attached hydrogen (secondary N) is 2. The smallest absolute Gasteiger partial charge is 0.221 e. The van der Waals surface area contributed by atoms with Crippen LogP contribution in [-0.2, 0) is 22.6 Å². The fraction of sp³-hybridized carbons (Fsp3) is 0.500. The van der Waals surface area contributed by atoms with Crippen molar-refractivity contribution < 1.29 is 14.3 Å². The Balaban J connectivity index is 1.57. The Morgan fingerprint density at radius 2 is 2.30 bits per heavy atom. The second kappa shape index (κ2) is 9.01. The van der Waals surface area contributed by atoms with Crippen LogP contribution in [0.1, 0.15) is 28.9 Å². The maximum atomic E-state index is 12.5. The number of benzene rings is 1. The van der Waals surface area contributed by atoms with E-state index in [0.29, 0.717) is 26.2 Å². The van der Waals surface area contributed by atoms with Crippen LogP contribution < -0.4 is 10.1 Å². The van der Waals surface area contributed by atoms with Crippen LogP contribution in [0.25, 0.3) is 0 Å². The van der Waals surface area contributed by atoms with Crippen LogP contribution in [0.15, 0.2) is 24.3 Å². The third-order valence-corrected chi connectivity index (χ3v) is 5.03. The number of aromatic amines is 1. The minimum Gasteiger partial charge on any atom is -0.497 e. The minimum atomic E-state index is 0.0288. The van der Waals surface area contributed by atoms with Crippen LogP contribution in [0.2, 0.25) is 0 Å². The number of carbonyl (C=O) groups is 1. The van der Waals surface area contributed by atoms with E-state index in [1.807, 2.05) is 32.0 Å². The average Bonchev–Trinajstić information content (AvgIpc) is 2.99. The molecule has 1 atom stereocenters. The van der Waals surface area contributed by atoms with Gasteiger partial charge in [0.1, 0.15) is 5.75 Å². The third-order valence-electron chi connectivity index (χ3n) is 5.03. The van der Waals surface area contributed by atoms with Crippen LogP contribution in [0, 0.1) is 13.8 Å². The lowest BCUT2D eigenvalue weighted by Gasteiger charge is -2.35. The van der Waals surface area contributed by atoms with Gasteiger partial charge in [-0.3, -0.25) is 14.8 Å². The molecule has 2 aromatic rings. The van der Waals surface area contributed by atoms with Gasteiger partial charge in [0.2, 0.25) is 5.91 Å². The Bertz CT molecular complexity index is 755. The Kier molecular flexibility index (Phi) is 6.47. The van der Waals surface area contributed by atoms with Crippen molar-refractivity contribution in [2.24, 2.45) is 0 Å². The van der Waals surface area contributed by atoms with Gasteiger partial charge in [0.15, 0.2) is 0 Å². The Morgan fingerprint density at radius 1 is 1.44 bits per heavy atom. The number of aryl methyl sites for hydroxylation is 2. The summed E-state index contributed by atoms with van der Waals surface area (Å²) < 4.78 is 10.9. The number of nitrogens with zero attached hydrogens (tertiary/aromatic N) is 2. The largest absolute Gasteiger partial charge is 0.497 e. The number of methoxy groups -OCH3 is 1. The predicted octanol–water partition coefficient (Wildman–Crippen LogP) is 1.94. The molecule has 0 saturated carbocycles. The van der Waals surface area contributed by atoms with E-state index in [4.69, 9.17) is 9.47 Å². The van der Waals surface area contributed by atoms with Gasteiger partial charge in [-0.15, -0.1) is 0 Å². The number of rotatable bonds is 7. The quantitative estimate of drug-likeness (QED) is 0.777. The molecule has 1 fully saturated rings. The molecule has 1 aliphatic rings. The van der Waals surface area contributed by atoms with Crippen molar-refractivity contribution in [1.82, 2.24) is 20.4 Å². The fourth-order valence-electron chi connectivity index (χ4n) is 3.40. The molecular formula is C20H28N4O3. The lowest BCUT2D eigenvalue weighted by atomic mass is 10.1. The van der Waals surface area contributed by atoms with Gasteiger partial charge < -0.3 is 14.8 Å². The molecule has 7 nitrogen and oxygen atoms in total. The second-order valence-electron chi connectivity index (χ2n) is 6.94. The first kappa shape index (κ1) is 19.4. The van der Waals surface area contributed by atoms with Crippen molar-refractivity contribution in [2.75, 3.05) is 26.9 Å². The minimum absolute atomic E-state index is 0.0288. The van der Waals surface area contributed by atoms with Crippen molar-refractivity contribution in [1.29, 1.82) is 0 Å². The van der Waals surface area contributed by atoms with Crippen LogP contribution in [0.4, 0.5) is 0 Å². The molecule has 0 radical (unpaired) electrons. The van der Waals surface area contributed by atoms with E-state index in [9.17, 15) is 4.79 Å². The van der Waals surface area contributed by atoms with E-state index >= 15 is 0 Å². The fourth-order valence-corrected chi connectivity index (χ4v) is 3.40. The van der Waals surface area contributed by atoms with E-state index in [2.05, 4.69) is 26.5 Å². The van der Waals surface area contributed by atoms with E-state index in [0.717, 1.165) is 35.8 Å². The molecule has 1 aromatic carbocycles. The van der Waals surface area contributed by atoms with Crippen LogP contribution in [-0.4, -0.2) is 53.9 Å². The first-order chi connectivity index (χ1) is 13.1. The normalized spacial score (nSPS) is 17.7. The van der Waals surface area contributed by atoms with Crippen LogP contribution in [0.5, 0.6) is 5.75 Å². The average molecular weight is 372 g/mol. The molecule has 0 spiro atoms. The zero-order chi connectivity index (χ0) is 19.2. The summed E-state index contributed by atoms with van der Waals surface area (Å²) in [5, 5.41) is 10.1. The van der Waals surface area contributed by atoms with Gasteiger partial charge in [-0.05, 0) is 31.5 Å². The van der Waals surface area contributed by atoms with Crippen LogP contribution >= 0.6 is 0 Å². The number of ether oxygens (including phenoxy) is 2. The second-order valence-corrected chi connectivity index (χ2v) is 6.94. The maximum Gasteiger partial charge on any atom is 0.221 e. The molecule has 1 amide bonds. The number of amides is 1. The first-order valence-electron chi connectivity index (χ1n) is 9.28. The highest BCUT2D eigenvalue weighted by atomic mass is 16.5. The molecular weight excluding hydrogens is 344 g/mol. The SMILES string of the molecule is COc1cccc(CN2CCOC[C@H]2CC(=O)NCc2c(C)n[nH]c2C)c1. The van der Waals surface area contributed by atoms with E-state index in [-0.39, 0.29) is 11.9 Å². The van der Waals surface area contributed by atoms with Gasteiger partial charge >= 0.3 is 0 Å². The molecule has 0 aliphatic carbocycles. The van der Waals surface area contributed by atoms with Gasteiger partial charge in [-0.2, -0.15) is 5.10 Å². The summed E-state index contributed by atoms with van der Waals surface area (Å²) in [5.41, 5.74) is 4.14. The molecule has 146 valence electrons. The lowest BCUT2D eigenvalue weighted by Crippen LogP contribution is -2.47. The van der Waals surface area contributed by atoms with Crippen molar-refractivity contribution in [3.8, 4) is 5.75 Å². The highest BCUT2D eigenvalue weighted by molar-refractivity contribution is 5.76. The number of carbonyl (C=O) groups excluding carboxylic acids is 1. The van der Waals surface area contributed by atoms with Gasteiger partial charge in [-0.25, -0.2) is 0 Å². The summed E-state index contributed by atoms with van der Waals surface area (Å²) in [6, 6.07) is 8.12. The Labute approximate surface area is 160 Å². The van der Waals surface area contributed by atoms with Gasteiger partial charge in [0.05, 0.1) is 26.0 Å². The predicted molar refractivity (Wildman–Crippen MR) is 103 cm³/mol. The maximum absolute atomic E-state index is 12.5. The summed E-state index contributed by atoms with van der Waals surface area (Å²) in [7, 11) is 1.67. The molecule has 2 N–H and O–H groups in total. The lowest BCUT2D eigenvalue weighted by molar-refractivity contribution is -0.124. The van der Waals surface area contributed by atoms with E-state index in [1.54, 1.807) is 7.11 Å². The summed E-state index contributed by atoms with van der Waals surface area (Å²) >= 11 is 0. The highest BCUT2D eigenvalue weighted by Crippen LogP contribution is 2.18. The summed E-state index contributed by atoms with van der Waals surface area (Å²) in [4.78, 5) is 14.8. The third kappa shape index (κ3) is 5.08. The monoisotopic (exact) mass is 372 g/mol. The molecule has 2 heterocycles. The van der Waals surface area contributed by atoms with Crippen LogP contribution in [0.3, 0.4) is 0 Å². The Hall–Kier alpha value is -2.38. The molecule has 1 aromatic heterocycles.